The van der Waals surface area contributed by atoms with Crippen LogP contribution < -0.4 is 0 Å². The number of phenols is 1. The van der Waals surface area contributed by atoms with Gasteiger partial charge in [-0.1, -0.05) is 21.1 Å². The second-order valence-corrected chi connectivity index (χ2v) is 5.09. The van der Waals surface area contributed by atoms with Gasteiger partial charge in [0.15, 0.2) is 0 Å². The molecule has 2 aromatic rings. The van der Waals surface area contributed by atoms with Gasteiger partial charge in [-0.2, -0.15) is 0 Å². The van der Waals surface area contributed by atoms with E-state index in [2.05, 4.69) is 21.1 Å². The lowest BCUT2D eigenvalue weighted by atomic mass is 9.97. The van der Waals surface area contributed by atoms with Gasteiger partial charge in [-0.3, -0.25) is 0 Å². The minimum atomic E-state index is -1.20. The topological polar surface area (TPSA) is 83.6 Å². The molecule has 1 aromatic carbocycles. The van der Waals surface area contributed by atoms with Crippen LogP contribution in [0.4, 0.5) is 0 Å². The molecule has 0 aliphatic carbocycles. The summed E-state index contributed by atoms with van der Waals surface area (Å²) < 4.78 is 5.58. The number of hydrogen-bond acceptors (Lipinski definition) is 4. The summed E-state index contributed by atoms with van der Waals surface area (Å²) in [5.41, 5.74) is 3.21. The lowest BCUT2D eigenvalue weighted by Gasteiger charge is -2.14. The minimum absolute atomic E-state index is 0.0865. The third kappa shape index (κ3) is 2.12. The summed E-state index contributed by atoms with van der Waals surface area (Å²) in [6.07, 6.45) is 0. The molecule has 2 rings (SSSR count). The first-order chi connectivity index (χ1) is 8.84. The molecule has 0 fully saturated rings. The number of carboxylic acids is 1. The van der Waals surface area contributed by atoms with Gasteiger partial charge in [0.2, 0.25) is 5.76 Å². The van der Waals surface area contributed by atoms with Crippen molar-refractivity contribution in [2.24, 2.45) is 0 Å². The maximum absolute atomic E-state index is 10.8. The molecule has 0 aliphatic heterocycles. The molecule has 0 amide bonds. The number of aromatic nitrogens is 1. The quantitative estimate of drug-likeness (QED) is 0.883. The number of hydrogen-bond donors (Lipinski definition) is 2. The largest absolute Gasteiger partial charge is 0.507 e. The maximum Gasteiger partial charge on any atom is 0.374 e. The van der Waals surface area contributed by atoms with E-state index in [0.717, 1.165) is 15.6 Å². The zero-order valence-corrected chi connectivity index (χ0v) is 12.2. The van der Waals surface area contributed by atoms with Crippen molar-refractivity contribution >= 4 is 21.9 Å². The van der Waals surface area contributed by atoms with Crippen LogP contribution in [0.5, 0.6) is 5.75 Å². The molecule has 0 aliphatic rings. The van der Waals surface area contributed by atoms with E-state index in [9.17, 15) is 9.90 Å². The molecule has 100 valence electrons. The lowest BCUT2D eigenvalue weighted by Crippen LogP contribution is -1.94. The Morgan fingerprint density at radius 2 is 1.89 bits per heavy atom. The Hall–Kier alpha value is -1.82. The number of phenolic OH excluding ortho intramolecular Hbond substituents is 1. The molecule has 0 atom stereocenters. The molecule has 5 nitrogen and oxygen atoms in total. The molecular weight excluding hydrogens is 314 g/mol. The average molecular weight is 326 g/mol. The van der Waals surface area contributed by atoms with Crippen LogP contribution in [0.15, 0.2) is 15.1 Å². The first kappa shape index (κ1) is 13.6. The van der Waals surface area contributed by atoms with Gasteiger partial charge >= 0.3 is 5.97 Å². The molecule has 1 heterocycles. The normalized spacial score (nSPS) is 10.7. The van der Waals surface area contributed by atoms with Crippen molar-refractivity contribution in [1.82, 2.24) is 5.16 Å². The predicted octanol–water partition coefficient (Wildman–Crippen LogP) is 3.43. The number of halogens is 1. The highest BCUT2D eigenvalue weighted by molar-refractivity contribution is 9.10. The zero-order chi connectivity index (χ0) is 14.3. The van der Waals surface area contributed by atoms with Crippen LogP contribution in [-0.4, -0.2) is 21.3 Å². The molecule has 0 unspecified atom stereocenters. The highest BCUT2D eigenvalue weighted by atomic mass is 79.9. The Morgan fingerprint density at radius 1 is 1.26 bits per heavy atom. The molecule has 2 N–H and O–H groups in total. The third-order valence-corrected chi connectivity index (χ3v) is 4.35. The lowest BCUT2D eigenvalue weighted by molar-refractivity contribution is 0.0652. The summed E-state index contributed by atoms with van der Waals surface area (Å²) in [7, 11) is 0. The Labute approximate surface area is 118 Å². The van der Waals surface area contributed by atoms with Crippen molar-refractivity contribution in [3.8, 4) is 17.0 Å². The molecule has 0 radical (unpaired) electrons. The van der Waals surface area contributed by atoms with Gasteiger partial charge in [-0.25, -0.2) is 4.79 Å². The minimum Gasteiger partial charge on any atom is -0.507 e. The monoisotopic (exact) mass is 325 g/mol. The van der Waals surface area contributed by atoms with E-state index in [1.165, 1.54) is 6.07 Å². The fourth-order valence-electron chi connectivity index (χ4n) is 1.91. The highest BCUT2D eigenvalue weighted by Crippen LogP contribution is 2.41. The number of benzene rings is 1. The Bertz CT molecular complexity index is 647. The SMILES string of the molecule is Cc1c(C)c(Br)c(C)c(-c2cc(C(=O)O)on2)c1O. The first-order valence-corrected chi connectivity index (χ1v) is 6.32. The van der Waals surface area contributed by atoms with Crippen molar-refractivity contribution in [3.63, 3.8) is 0 Å². The smallest absolute Gasteiger partial charge is 0.374 e. The number of aromatic carboxylic acids is 1. The van der Waals surface area contributed by atoms with Gasteiger partial charge in [0.1, 0.15) is 11.4 Å². The molecule has 0 saturated heterocycles. The number of nitrogens with zero attached hydrogens (tertiary/aromatic N) is 1. The van der Waals surface area contributed by atoms with Gasteiger partial charge < -0.3 is 14.7 Å². The number of aromatic hydroxyl groups is 1. The third-order valence-electron chi connectivity index (χ3n) is 3.17. The predicted molar refractivity (Wildman–Crippen MR) is 72.5 cm³/mol. The molecule has 19 heavy (non-hydrogen) atoms. The van der Waals surface area contributed by atoms with Crippen LogP contribution in [0.3, 0.4) is 0 Å². The molecule has 1 aromatic heterocycles. The van der Waals surface area contributed by atoms with E-state index in [0.29, 0.717) is 16.8 Å². The Kier molecular flexibility index (Phi) is 3.36. The van der Waals surface area contributed by atoms with Gasteiger partial charge in [-0.05, 0) is 37.5 Å². The average Bonchev–Trinajstić information content (AvgIpc) is 2.84. The second-order valence-electron chi connectivity index (χ2n) is 4.29. The van der Waals surface area contributed by atoms with Gasteiger partial charge in [0.05, 0.1) is 0 Å². The molecule has 0 bridgehead atoms. The van der Waals surface area contributed by atoms with Gasteiger partial charge in [-0.15, -0.1) is 0 Å². The van der Waals surface area contributed by atoms with Crippen molar-refractivity contribution in [2.45, 2.75) is 20.8 Å². The number of rotatable bonds is 2. The van der Waals surface area contributed by atoms with Crippen LogP contribution in [0.25, 0.3) is 11.3 Å². The summed E-state index contributed by atoms with van der Waals surface area (Å²) in [5, 5.41) is 22.8. The van der Waals surface area contributed by atoms with Crippen molar-refractivity contribution in [2.75, 3.05) is 0 Å². The summed E-state index contributed by atoms with van der Waals surface area (Å²) in [5.74, 6) is -1.37. The summed E-state index contributed by atoms with van der Waals surface area (Å²) in [6.45, 7) is 5.50. The highest BCUT2D eigenvalue weighted by Gasteiger charge is 2.21. The molecular formula is C13H12BrNO4. The summed E-state index contributed by atoms with van der Waals surface area (Å²) in [6, 6.07) is 1.30. The van der Waals surface area contributed by atoms with Crippen LogP contribution in [0, 0.1) is 20.8 Å². The van der Waals surface area contributed by atoms with E-state index in [-0.39, 0.29) is 11.5 Å². The zero-order valence-electron chi connectivity index (χ0n) is 10.6. The molecule has 0 spiro atoms. The maximum atomic E-state index is 10.8. The van der Waals surface area contributed by atoms with E-state index in [1.54, 1.807) is 6.92 Å². The Morgan fingerprint density at radius 3 is 2.42 bits per heavy atom. The van der Waals surface area contributed by atoms with Crippen molar-refractivity contribution in [1.29, 1.82) is 0 Å². The first-order valence-electron chi connectivity index (χ1n) is 5.53. The van der Waals surface area contributed by atoms with E-state index < -0.39 is 5.97 Å². The van der Waals surface area contributed by atoms with E-state index >= 15 is 0 Å². The fourth-order valence-corrected chi connectivity index (χ4v) is 2.40. The summed E-state index contributed by atoms with van der Waals surface area (Å²) in [4.78, 5) is 10.8. The van der Waals surface area contributed by atoms with E-state index in [4.69, 9.17) is 9.63 Å². The van der Waals surface area contributed by atoms with Crippen LogP contribution >= 0.6 is 15.9 Å². The molecule has 6 heteroatoms. The van der Waals surface area contributed by atoms with Gasteiger partial charge in [0, 0.05) is 16.1 Å². The summed E-state index contributed by atoms with van der Waals surface area (Å²) >= 11 is 3.46. The van der Waals surface area contributed by atoms with Crippen LogP contribution in [0.1, 0.15) is 27.2 Å². The van der Waals surface area contributed by atoms with Crippen molar-refractivity contribution in [3.05, 3.63) is 33.0 Å². The second kappa shape index (κ2) is 4.70. The standard InChI is InChI=1S/C13H12BrNO4/c1-5-6(2)12(16)10(7(3)11(5)14)8-4-9(13(17)18)19-15-8/h4,16H,1-3H3,(H,17,18). The van der Waals surface area contributed by atoms with Crippen molar-refractivity contribution < 1.29 is 19.5 Å². The van der Waals surface area contributed by atoms with E-state index in [1.807, 2.05) is 13.8 Å². The number of carbonyl (C=O) groups is 1. The fraction of sp³-hybridized carbons (Fsp3) is 0.231. The van der Waals surface area contributed by atoms with Crippen LogP contribution in [0.2, 0.25) is 0 Å². The van der Waals surface area contributed by atoms with Crippen LogP contribution in [-0.2, 0) is 0 Å². The van der Waals surface area contributed by atoms with Gasteiger partial charge in [0.25, 0.3) is 0 Å². The molecule has 0 saturated carbocycles. The Balaban J connectivity index is 2.71. The number of carboxylic acid groups (broad SMARTS) is 1.